The van der Waals surface area contributed by atoms with E-state index in [4.69, 9.17) is 11.6 Å². The van der Waals surface area contributed by atoms with Crippen LogP contribution in [0.5, 0.6) is 0 Å². The molecule has 1 saturated heterocycles. The monoisotopic (exact) mass is 343 g/mol. The second-order valence-electron chi connectivity index (χ2n) is 6.61. The summed E-state index contributed by atoms with van der Waals surface area (Å²) in [5.74, 6) is -0.740. The quantitative estimate of drug-likeness (QED) is 0.882. The molecule has 0 amide bonds. The van der Waals surface area contributed by atoms with Crippen molar-refractivity contribution in [3.63, 3.8) is 0 Å². The van der Waals surface area contributed by atoms with Crippen molar-refractivity contribution in [3.05, 3.63) is 69.7 Å². The van der Waals surface area contributed by atoms with Gasteiger partial charge in [-0.25, -0.2) is 0 Å². The molecule has 0 bridgehead atoms. The van der Waals surface area contributed by atoms with Crippen LogP contribution < -0.4 is 0 Å². The van der Waals surface area contributed by atoms with Crippen LogP contribution in [0.1, 0.15) is 41.1 Å². The molecule has 1 heterocycles. The lowest BCUT2D eigenvalue weighted by Gasteiger charge is -2.32. The van der Waals surface area contributed by atoms with E-state index in [2.05, 4.69) is 36.9 Å². The number of rotatable bonds is 4. The summed E-state index contributed by atoms with van der Waals surface area (Å²) in [5, 5.41) is 10.3. The number of benzene rings is 2. The van der Waals surface area contributed by atoms with E-state index >= 15 is 0 Å². The fourth-order valence-corrected chi connectivity index (χ4v) is 3.88. The van der Waals surface area contributed by atoms with Crippen LogP contribution in [0.2, 0.25) is 5.02 Å². The second-order valence-corrected chi connectivity index (χ2v) is 7.05. The normalized spacial score (nSPS) is 19.4. The van der Waals surface area contributed by atoms with E-state index in [-0.39, 0.29) is 6.04 Å². The molecule has 1 aliphatic rings. The molecule has 1 fully saturated rings. The van der Waals surface area contributed by atoms with Crippen LogP contribution in [-0.4, -0.2) is 28.6 Å². The number of hydrogen-bond acceptors (Lipinski definition) is 2. The van der Waals surface area contributed by atoms with Crippen molar-refractivity contribution in [1.82, 2.24) is 4.90 Å². The average Bonchev–Trinajstić information content (AvgIpc) is 2.98. The van der Waals surface area contributed by atoms with Crippen LogP contribution in [0.3, 0.4) is 0 Å². The summed E-state index contributed by atoms with van der Waals surface area (Å²) in [5.41, 5.74) is 4.60. The highest BCUT2D eigenvalue weighted by Crippen LogP contribution is 2.36. The van der Waals surface area contributed by atoms with Gasteiger partial charge in [0.1, 0.15) is 6.04 Å². The van der Waals surface area contributed by atoms with Gasteiger partial charge in [-0.05, 0) is 49.9 Å². The van der Waals surface area contributed by atoms with E-state index in [1.54, 1.807) is 0 Å². The average molecular weight is 344 g/mol. The largest absolute Gasteiger partial charge is 0.480 e. The second kappa shape index (κ2) is 6.96. The lowest BCUT2D eigenvalue weighted by atomic mass is 9.93. The van der Waals surface area contributed by atoms with Crippen molar-refractivity contribution in [2.24, 2.45) is 0 Å². The first-order valence-corrected chi connectivity index (χ1v) is 8.65. The Labute approximate surface area is 147 Å². The molecule has 1 N–H and O–H groups in total. The molecule has 3 nitrogen and oxygen atoms in total. The van der Waals surface area contributed by atoms with Gasteiger partial charge in [-0.2, -0.15) is 0 Å². The first kappa shape index (κ1) is 17.0. The number of carboxylic acid groups (broad SMARTS) is 1. The summed E-state index contributed by atoms with van der Waals surface area (Å²) >= 11 is 6.04. The van der Waals surface area contributed by atoms with Gasteiger partial charge >= 0.3 is 5.97 Å². The van der Waals surface area contributed by atoms with Crippen LogP contribution in [0, 0.1) is 13.8 Å². The smallest absolute Gasteiger partial charge is 0.320 e. The predicted octanol–water partition coefficient (Wildman–Crippen LogP) is 4.60. The number of likely N-dealkylation sites (tertiary alicyclic amines) is 1. The van der Waals surface area contributed by atoms with Gasteiger partial charge in [0.2, 0.25) is 0 Å². The molecule has 0 spiro atoms. The molecular weight excluding hydrogens is 322 g/mol. The topological polar surface area (TPSA) is 40.5 Å². The fraction of sp³-hybridized carbons (Fsp3) is 0.350. The number of halogens is 1. The summed E-state index contributed by atoms with van der Waals surface area (Å²) in [4.78, 5) is 13.8. The molecule has 0 saturated carbocycles. The zero-order valence-electron chi connectivity index (χ0n) is 14.0. The first-order chi connectivity index (χ1) is 11.5. The third-order valence-corrected chi connectivity index (χ3v) is 4.91. The molecule has 0 aliphatic carbocycles. The van der Waals surface area contributed by atoms with Crippen LogP contribution in [0.4, 0.5) is 0 Å². The van der Waals surface area contributed by atoms with Crippen LogP contribution in [-0.2, 0) is 4.79 Å². The molecule has 0 aromatic heterocycles. The third kappa shape index (κ3) is 3.47. The lowest BCUT2D eigenvalue weighted by Crippen LogP contribution is -2.39. The van der Waals surface area contributed by atoms with Gasteiger partial charge in [-0.1, -0.05) is 53.1 Å². The third-order valence-electron chi connectivity index (χ3n) is 4.66. The molecule has 3 rings (SSSR count). The molecule has 2 aromatic carbocycles. The number of hydrogen-bond donors (Lipinski definition) is 1. The van der Waals surface area contributed by atoms with Gasteiger partial charge in [0.05, 0.1) is 6.04 Å². The molecule has 2 atom stereocenters. The summed E-state index contributed by atoms with van der Waals surface area (Å²) in [6, 6.07) is 13.7. The Bertz CT molecular complexity index is 722. The van der Waals surface area contributed by atoms with Crippen molar-refractivity contribution in [3.8, 4) is 0 Å². The molecule has 24 heavy (non-hydrogen) atoms. The maximum atomic E-state index is 11.7. The maximum absolute atomic E-state index is 11.7. The van der Waals surface area contributed by atoms with Gasteiger partial charge in [-0.3, -0.25) is 9.69 Å². The van der Waals surface area contributed by atoms with E-state index < -0.39 is 12.0 Å². The molecular formula is C20H22ClNO2. The van der Waals surface area contributed by atoms with E-state index in [0.717, 1.165) is 24.1 Å². The summed E-state index contributed by atoms with van der Waals surface area (Å²) < 4.78 is 0. The minimum atomic E-state index is -0.740. The van der Waals surface area contributed by atoms with Gasteiger partial charge in [-0.15, -0.1) is 0 Å². The number of aliphatic carboxylic acids is 1. The standard InChI is InChI=1S/C20H22ClNO2/c1-13-10-14(2)12-16(11-13)19(15-5-7-17(21)8-6-15)22-9-3-4-18(22)20(23)24/h5-8,10-12,18-19H,3-4,9H2,1-2H3,(H,23,24). The van der Waals surface area contributed by atoms with Gasteiger partial charge in [0.25, 0.3) is 0 Å². The molecule has 2 unspecified atom stereocenters. The summed E-state index contributed by atoms with van der Waals surface area (Å²) in [6.07, 6.45) is 1.61. The van der Waals surface area contributed by atoms with Crippen molar-refractivity contribution < 1.29 is 9.90 Å². The minimum absolute atomic E-state index is 0.0653. The van der Waals surface area contributed by atoms with Crippen LogP contribution >= 0.6 is 11.6 Å². The Balaban J connectivity index is 2.10. The Morgan fingerprint density at radius 1 is 1.12 bits per heavy atom. The first-order valence-electron chi connectivity index (χ1n) is 8.28. The van der Waals surface area contributed by atoms with E-state index in [0.29, 0.717) is 11.4 Å². The Kier molecular flexibility index (Phi) is 4.93. The van der Waals surface area contributed by atoms with Crippen molar-refractivity contribution in [2.45, 2.75) is 38.8 Å². The van der Waals surface area contributed by atoms with E-state index in [9.17, 15) is 9.90 Å². The summed E-state index contributed by atoms with van der Waals surface area (Å²) in [7, 11) is 0. The lowest BCUT2D eigenvalue weighted by molar-refractivity contribution is -0.142. The number of aryl methyl sites for hydroxylation is 2. The molecule has 0 radical (unpaired) electrons. The van der Waals surface area contributed by atoms with Gasteiger partial charge < -0.3 is 5.11 Å². The van der Waals surface area contributed by atoms with E-state index in [1.807, 2.05) is 24.3 Å². The number of carboxylic acids is 1. The fourth-order valence-electron chi connectivity index (χ4n) is 3.75. The highest BCUT2D eigenvalue weighted by molar-refractivity contribution is 6.30. The van der Waals surface area contributed by atoms with Crippen molar-refractivity contribution in [1.29, 1.82) is 0 Å². The highest BCUT2D eigenvalue weighted by atomic mass is 35.5. The molecule has 1 aliphatic heterocycles. The molecule has 126 valence electrons. The van der Waals surface area contributed by atoms with Crippen LogP contribution in [0.15, 0.2) is 42.5 Å². The summed E-state index contributed by atoms with van der Waals surface area (Å²) in [6.45, 7) is 4.94. The van der Waals surface area contributed by atoms with Crippen molar-refractivity contribution >= 4 is 17.6 Å². The zero-order chi connectivity index (χ0) is 17.3. The minimum Gasteiger partial charge on any atom is -0.480 e. The maximum Gasteiger partial charge on any atom is 0.320 e. The Hall–Kier alpha value is -1.84. The predicted molar refractivity (Wildman–Crippen MR) is 96.6 cm³/mol. The van der Waals surface area contributed by atoms with Gasteiger partial charge in [0.15, 0.2) is 0 Å². The van der Waals surface area contributed by atoms with E-state index in [1.165, 1.54) is 11.1 Å². The number of nitrogens with zero attached hydrogens (tertiary/aromatic N) is 1. The molecule has 4 heteroatoms. The SMILES string of the molecule is Cc1cc(C)cc(C(c2ccc(Cl)cc2)N2CCCC2C(=O)O)c1. The zero-order valence-corrected chi connectivity index (χ0v) is 14.8. The van der Waals surface area contributed by atoms with Crippen LogP contribution in [0.25, 0.3) is 0 Å². The van der Waals surface area contributed by atoms with Crippen molar-refractivity contribution in [2.75, 3.05) is 6.54 Å². The Morgan fingerprint density at radius 3 is 2.33 bits per heavy atom. The number of carbonyl (C=O) groups is 1. The van der Waals surface area contributed by atoms with Gasteiger partial charge in [0, 0.05) is 11.6 Å². The molecule has 2 aromatic rings. The Morgan fingerprint density at radius 2 is 1.75 bits per heavy atom. The highest BCUT2D eigenvalue weighted by Gasteiger charge is 2.36.